The zero-order valence-corrected chi connectivity index (χ0v) is 20.2. The molecule has 7 nitrogen and oxygen atoms in total. The summed E-state index contributed by atoms with van der Waals surface area (Å²) in [6, 6.07) is 17.6. The fourth-order valence-electron chi connectivity index (χ4n) is 4.68. The van der Waals surface area contributed by atoms with Crippen LogP contribution in [0.1, 0.15) is 28.4 Å². The summed E-state index contributed by atoms with van der Waals surface area (Å²) >= 11 is 0. The predicted molar refractivity (Wildman–Crippen MR) is 135 cm³/mol. The van der Waals surface area contributed by atoms with E-state index in [1.54, 1.807) is 10.5 Å². The van der Waals surface area contributed by atoms with Crippen molar-refractivity contribution < 1.29 is 8.42 Å². The lowest BCUT2D eigenvalue weighted by molar-refractivity contribution is 0.347. The summed E-state index contributed by atoms with van der Waals surface area (Å²) in [7, 11) is -1.52. The zero-order valence-electron chi connectivity index (χ0n) is 19.4. The minimum absolute atomic E-state index is 0.400. The number of benzene rings is 2. The van der Waals surface area contributed by atoms with Crippen molar-refractivity contribution in [3.05, 3.63) is 89.4 Å². The van der Waals surface area contributed by atoms with Gasteiger partial charge in [-0.2, -0.15) is 4.31 Å². The third-order valence-electron chi connectivity index (χ3n) is 6.35. The van der Waals surface area contributed by atoms with Crippen LogP contribution < -0.4 is 5.32 Å². The van der Waals surface area contributed by atoms with Crippen LogP contribution in [-0.4, -0.2) is 47.5 Å². The van der Waals surface area contributed by atoms with E-state index in [0.717, 1.165) is 50.7 Å². The molecule has 0 radical (unpaired) electrons. The molecular weight excluding hydrogens is 446 g/mol. The van der Waals surface area contributed by atoms with Gasteiger partial charge in [-0.1, -0.05) is 30.3 Å². The summed E-state index contributed by atoms with van der Waals surface area (Å²) < 4.78 is 27.1. The first kappa shape index (κ1) is 22.3. The minimum Gasteiger partial charge on any atom is -0.388 e. The number of imidazole rings is 1. The number of anilines is 1. The van der Waals surface area contributed by atoms with E-state index < -0.39 is 16.1 Å². The molecular formula is C26H27N5O2S. The first-order valence-corrected chi connectivity index (χ1v) is 13.0. The molecule has 4 aromatic rings. The van der Waals surface area contributed by atoms with E-state index in [1.165, 1.54) is 6.26 Å². The molecule has 3 heterocycles. The highest BCUT2D eigenvalue weighted by Crippen LogP contribution is 2.40. The Labute approximate surface area is 200 Å². The average Bonchev–Trinajstić information content (AvgIpc) is 3.33. The van der Waals surface area contributed by atoms with Gasteiger partial charge < -0.3 is 10.3 Å². The number of fused-ring (bicyclic) bond motifs is 1. The Kier molecular flexibility index (Phi) is 5.71. The van der Waals surface area contributed by atoms with Crippen molar-refractivity contribution >= 4 is 15.7 Å². The molecule has 1 unspecified atom stereocenters. The number of hydrogen-bond donors (Lipinski definition) is 2. The molecule has 1 atom stereocenters. The maximum Gasteiger partial charge on any atom is 0.212 e. The molecule has 0 bridgehead atoms. The van der Waals surface area contributed by atoms with Gasteiger partial charge in [0.15, 0.2) is 0 Å². The van der Waals surface area contributed by atoms with Crippen molar-refractivity contribution in [3.63, 3.8) is 0 Å². The van der Waals surface area contributed by atoms with E-state index in [4.69, 9.17) is 0 Å². The molecule has 5 rings (SSSR count). The number of pyridine rings is 1. The number of nitrogens with zero attached hydrogens (tertiary/aromatic N) is 3. The number of sulfonamides is 1. The van der Waals surface area contributed by atoms with E-state index in [0.29, 0.717) is 13.0 Å². The Hall–Kier alpha value is -3.49. The van der Waals surface area contributed by atoms with Gasteiger partial charge in [-0.05, 0) is 54.3 Å². The largest absolute Gasteiger partial charge is 0.388 e. The van der Waals surface area contributed by atoms with Gasteiger partial charge in [-0.3, -0.25) is 4.98 Å². The summed E-state index contributed by atoms with van der Waals surface area (Å²) in [5, 5.41) is 3.25. The number of rotatable bonds is 5. The lowest BCUT2D eigenvalue weighted by Crippen LogP contribution is -2.40. The number of aromatic nitrogens is 3. The van der Waals surface area contributed by atoms with Gasteiger partial charge >= 0.3 is 0 Å². The van der Waals surface area contributed by atoms with Crippen molar-refractivity contribution in [2.24, 2.45) is 0 Å². The zero-order chi connectivity index (χ0) is 23.9. The molecule has 0 amide bonds. The van der Waals surface area contributed by atoms with Gasteiger partial charge in [-0.25, -0.2) is 13.4 Å². The van der Waals surface area contributed by atoms with Crippen molar-refractivity contribution in [1.29, 1.82) is 0 Å². The summed E-state index contributed by atoms with van der Waals surface area (Å²) in [5.41, 5.74) is 7.81. The molecule has 8 heteroatoms. The van der Waals surface area contributed by atoms with E-state index in [-0.39, 0.29) is 0 Å². The van der Waals surface area contributed by atoms with Crippen LogP contribution in [0.3, 0.4) is 0 Å². The molecule has 0 fully saturated rings. The van der Waals surface area contributed by atoms with Gasteiger partial charge in [0.1, 0.15) is 5.82 Å². The highest BCUT2D eigenvalue weighted by molar-refractivity contribution is 7.88. The van der Waals surface area contributed by atoms with Crippen LogP contribution in [0.4, 0.5) is 5.69 Å². The first-order chi connectivity index (χ1) is 16.3. The standard InChI is InChI=1S/C26H27N5O2S/c1-17-10-11-20(15-28-17)24-16-29-26(30-24)19-7-4-6-18(14-19)25-22-8-5-9-23(27-2)21(22)12-13-31(25)34(3,32)33/h4-11,14-16,25,27H,12-13H2,1-3H3,(H,29,30). The lowest BCUT2D eigenvalue weighted by Gasteiger charge is -2.36. The van der Waals surface area contributed by atoms with Gasteiger partial charge in [0, 0.05) is 42.3 Å². The van der Waals surface area contributed by atoms with Crippen LogP contribution in [0, 0.1) is 6.92 Å². The molecule has 174 valence electrons. The Morgan fingerprint density at radius 1 is 1.03 bits per heavy atom. The Morgan fingerprint density at radius 2 is 1.85 bits per heavy atom. The van der Waals surface area contributed by atoms with Crippen molar-refractivity contribution in [1.82, 2.24) is 19.3 Å². The fourth-order valence-corrected chi connectivity index (χ4v) is 5.72. The van der Waals surface area contributed by atoms with E-state index in [1.807, 2.05) is 74.8 Å². The second kappa shape index (κ2) is 8.70. The van der Waals surface area contributed by atoms with Gasteiger partial charge in [0.25, 0.3) is 0 Å². The minimum atomic E-state index is -3.42. The molecule has 0 spiro atoms. The van der Waals surface area contributed by atoms with Crippen LogP contribution in [0.15, 0.2) is 67.0 Å². The first-order valence-electron chi connectivity index (χ1n) is 11.2. The number of H-pyrrole nitrogens is 1. The molecule has 2 aromatic carbocycles. The summed E-state index contributed by atoms with van der Waals surface area (Å²) in [6.45, 7) is 2.39. The van der Waals surface area contributed by atoms with Crippen LogP contribution >= 0.6 is 0 Å². The molecule has 0 aliphatic carbocycles. The van der Waals surface area contributed by atoms with Crippen molar-refractivity contribution in [2.75, 3.05) is 25.2 Å². The van der Waals surface area contributed by atoms with E-state index in [2.05, 4.69) is 20.3 Å². The molecule has 34 heavy (non-hydrogen) atoms. The third kappa shape index (κ3) is 4.10. The molecule has 2 aromatic heterocycles. The second-order valence-electron chi connectivity index (χ2n) is 8.61. The summed E-state index contributed by atoms with van der Waals surface area (Å²) in [6.07, 6.45) is 5.57. The average molecular weight is 474 g/mol. The molecule has 2 N–H and O–H groups in total. The predicted octanol–water partition coefficient (Wildman–Crippen LogP) is 4.40. The second-order valence-corrected chi connectivity index (χ2v) is 10.5. The summed E-state index contributed by atoms with van der Waals surface area (Å²) in [5.74, 6) is 0.725. The quantitative estimate of drug-likeness (QED) is 0.448. The van der Waals surface area contributed by atoms with E-state index >= 15 is 0 Å². The topological polar surface area (TPSA) is 91.0 Å². The summed E-state index contributed by atoms with van der Waals surface area (Å²) in [4.78, 5) is 12.3. The highest BCUT2D eigenvalue weighted by atomic mass is 32.2. The lowest BCUT2D eigenvalue weighted by atomic mass is 9.88. The molecule has 1 aliphatic heterocycles. The van der Waals surface area contributed by atoms with E-state index in [9.17, 15) is 8.42 Å². The van der Waals surface area contributed by atoms with Crippen LogP contribution in [0.5, 0.6) is 0 Å². The number of aryl methyl sites for hydroxylation is 1. The van der Waals surface area contributed by atoms with Crippen LogP contribution in [-0.2, 0) is 16.4 Å². The Balaban J connectivity index is 1.58. The van der Waals surface area contributed by atoms with Crippen LogP contribution in [0.25, 0.3) is 22.6 Å². The Bertz CT molecular complexity index is 1440. The number of hydrogen-bond acceptors (Lipinski definition) is 5. The maximum atomic E-state index is 12.8. The Morgan fingerprint density at radius 3 is 2.59 bits per heavy atom. The van der Waals surface area contributed by atoms with Crippen molar-refractivity contribution in [2.45, 2.75) is 19.4 Å². The van der Waals surface area contributed by atoms with Crippen molar-refractivity contribution in [3.8, 4) is 22.6 Å². The smallest absolute Gasteiger partial charge is 0.212 e. The number of nitrogens with one attached hydrogen (secondary N) is 2. The highest BCUT2D eigenvalue weighted by Gasteiger charge is 2.35. The van der Waals surface area contributed by atoms with Gasteiger partial charge in [0.2, 0.25) is 10.0 Å². The van der Waals surface area contributed by atoms with Crippen LogP contribution in [0.2, 0.25) is 0 Å². The molecule has 0 saturated heterocycles. The normalized spacial score (nSPS) is 16.3. The fraction of sp³-hybridized carbons (Fsp3) is 0.231. The maximum absolute atomic E-state index is 12.8. The molecule has 1 aliphatic rings. The van der Waals surface area contributed by atoms with Gasteiger partial charge in [0.05, 0.1) is 24.2 Å². The molecule has 0 saturated carbocycles. The third-order valence-corrected chi connectivity index (χ3v) is 7.59. The SMILES string of the molecule is CNc1cccc2c1CCN(S(C)(=O)=O)C2c1cccc(-c2ncc(-c3ccc(C)nc3)[nH]2)c1. The monoisotopic (exact) mass is 473 g/mol. The van der Waals surface area contributed by atoms with Gasteiger partial charge in [-0.15, -0.1) is 0 Å². The number of aromatic amines is 1.